The van der Waals surface area contributed by atoms with Gasteiger partial charge in [-0.2, -0.15) is 0 Å². The van der Waals surface area contributed by atoms with Crippen LogP contribution in [-0.4, -0.2) is 76.9 Å². The van der Waals surface area contributed by atoms with E-state index in [9.17, 15) is 14.4 Å². The first-order valence-electron chi connectivity index (χ1n) is 9.34. The van der Waals surface area contributed by atoms with Gasteiger partial charge in [-0.1, -0.05) is 20.8 Å². The standard InChI is InChI=1S/C19H35NO7/c1-16(21)6-5-8-24-10-13-27-15-18(23)20-7-9-25-11-12-26-14-17(22)19(2,3)4/h5-15H2,1-4H3,(H,20,23). The Morgan fingerprint density at radius 1 is 0.778 bits per heavy atom. The molecule has 0 aromatic rings. The van der Waals surface area contributed by atoms with Crippen molar-refractivity contribution in [3.05, 3.63) is 0 Å². The Hall–Kier alpha value is -1.35. The number of ketones is 2. The third-order valence-corrected chi connectivity index (χ3v) is 3.43. The van der Waals surface area contributed by atoms with Gasteiger partial charge in [0.25, 0.3) is 0 Å². The third-order valence-electron chi connectivity index (χ3n) is 3.43. The van der Waals surface area contributed by atoms with Gasteiger partial charge in [0.15, 0.2) is 5.78 Å². The molecule has 0 aliphatic rings. The molecular formula is C19H35NO7. The Kier molecular flexibility index (Phi) is 14.9. The summed E-state index contributed by atoms with van der Waals surface area (Å²) in [5, 5.41) is 2.67. The second-order valence-corrected chi connectivity index (χ2v) is 7.16. The minimum atomic E-state index is -0.394. The maximum absolute atomic E-state index is 11.6. The zero-order valence-electron chi connectivity index (χ0n) is 17.1. The Morgan fingerprint density at radius 3 is 1.93 bits per heavy atom. The quantitative estimate of drug-likeness (QED) is 0.373. The maximum atomic E-state index is 11.6. The van der Waals surface area contributed by atoms with E-state index < -0.39 is 5.41 Å². The van der Waals surface area contributed by atoms with Crippen molar-refractivity contribution in [1.29, 1.82) is 0 Å². The second-order valence-electron chi connectivity index (χ2n) is 7.16. The summed E-state index contributed by atoms with van der Waals surface area (Å²) >= 11 is 0. The summed E-state index contributed by atoms with van der Waals surface area (Å²) in [6.07, 6.45) is 1.22. The van der Waals surface area contributed by atoms with E-state index in [0.717, 1.165) is 0 Å². The predicted octanol–water partition coefficient (Wildman–Crippen LogP) is 1.15. The van der Waals surface area contributed by atoms with Crippen LogP contribution >= 0.6 is 0 Å². The molecule has 0 aromatic carbocycles. The highest BCUT2D eigenvalue weighted by Crippen LogP contribution is 2.14. The number of ether oxygens (including phenoxy) is 4. The second kappa shape index (κ2) is 15.7. The highest BCUT2D eigenvalue weighted by atomic mass is 16.5. The van der Waals surface area contributed by atoms with Crippen molar-refractivity contribution < 1.29 is 33.3 Å². The molecule has 0 radical (unpaired) electrons. The van der Waals surface area contributed by atoms with Gasteiger partial charge in [-0.25, -0.2) is 0 Å². The van der Waals surface area contributed by atoms with Crippen LogP contribution in [0.5, 0.6) is 0 Å². The number of amides is 1. The molecule has 0 unspecified atom stereocenters. The Bertz CT molecular complexity index is 432. The van der Waals surface area contributed by atoms with Crippen LogP contribution < -0.4 is 5.32 Å². The molecule has 0 fully saturated rings. The van der Waals surface area contributed by atoms with E-state index >= 15 is 0 Å². The van der Waals surface area contributed by atoms with E-state index in [0.29, 0.717) is 59.0 Å². The first-order valence-corrected chi connectivity index (χ1v) is 9.34. The number of carbonyl (C=O) groups is 3. The predicted molar refractivity (Wildman–Crippen MR) is 101 cm³/mol. The fourth-order valence-corrected chi connectivity index (χ4v) is 1.72. The number of carbonyl (C=O) groups excluding carboxylic acids is 3. The summed E-state index contributed by atoms with van der Waals surface area (Å²) in [4.78, 5) is 33.9. The van der Waals surface area contributed by atoms with Crippen LogP contribution in [0.25, 0.3) is 0 Å². The van der Waals surface area contributed by atoms with Crippen LogP contribution in [-0.2, 0) is 33.3 Å². The maximum Gasteiger partial charge on any atom is 0.246 e. The molecule has 8 heteroatoms. The number of hydrogen-bond donors (Lipinski definition) is 1. The van der Waals surface area contributed by atoms with Crippen molar-refractivity contribution in [2.24, 2.45) is 5.41 Å². The van der Waals surface area contributed by atoms with E-state index in [1.165, 1.54) is 0 Å². The monoisotopic (exact) mass is 389 g/mol. The highest BCUT2D eigenvalue weighted by Gasteiger charge is 2.20. The van der Waals surface area contributed by atoms with Crippen molar-refractivity contribution in [3.8, 4) is 0 Å². The molecule has 0 heterocycles. The van der Waals surface area contributed by atoms with Crippen LogP contribution in [0.1, 0.15) is 40.5 Å². The molecule has 0 spiro atoms. The number of rotatable bonds is 17. The zero-order chi connectivity index (χ0) is 20.5. The summed E-state index contributed by atoms with van der Waals surface area (Å²) in [6, 6.07) is 0. The lowest BCUT2D eigenvalue weighted by Gasteiger charge is -2.16. The zero-order valence-corrected chi connectivity index (χ0v) is 17.1. The smallest absolute Gasteiger partial charge is 0.246 e. The molecule has 27 heavy (non-hydrogen) atoms. The van der Waals surface area contributed by atoms with Crippen molar-refractivity contribution in [3.63, 3.8) is 0 Å². The van der Waals surface area contributed by atoms with Crippen molar-refractivity contribution >= 4 is 17.5 Å². The summed E-state index contributed by atoms with van der Waals surface area (Å²) in [5.74, 6) is -0.0166. The molecule has 0 rings (SSSR count). The Balaban J connectivity index is 3.33. The summed E-state index contributed by atoms with van der Waals surface area (Å²) < 4.78 is 21.0. The van der Waals surface area contributed by atoms with Gasteiger partial charge in [-0.3, -0.25) is 9.59 Å². The number of nitrogens with one attached hydrogen (secondary N) is 1. The van der Waals surface area contributed by atoms with Crippen molar-refractivity contribution in [2.45, 2.75) is 40.5 Å². The first kappa shape index (κ1) is 25.6. The fraction of sp³-hybridized carbons (Fsp3) is 0.842. The van der Waals surface area contributed by atoms with Crippen molar-refractivity contribution in [2.75, 3.05) is 59.4 Å². The average molecular weight is 389 g/mol. The van der Waals surface area contributed by atoms with Gasteiger partial charge in [-0.15, -0.1) is 0 Å². The molecule has 0 saturated heterocycles. The summed E-state index contributed by atoms with van der Waals surface area (Å²) in [5.41, 5.74) is -0.394. The third kappa shape index (κ3) is 17.8. The number of Topliss-reactive ketones (excluding diaryl/α,β-unsaturated/α-hetero) is 2. The van der Waals surface area contributed by atoms with E-state index in [2.05, 4.69) is 5.32 Å². The van der Waals surface area contributed by atoms with Crippen LogP contribution in [0.15, 0.2) is 0 Å². The van der Waals surface area contributed by atoms with Crippen LogP contribution in [0.3, 0.4) is 0 Å². The first-order chi connectivity index (χ1) is 12.7. The molecule has 1 N–H and O–H groups in total. The summed E-state index contributed by atoms with van der Waals surface area (Å²) in [6.45, 7) is 9.85. The normalized spacial score (nSPS) is 11.4. The molecule has 0 aromatic heterocycles. The van der Waals surface area contributed by atoms with Crippen LogP contribution in [0.4, 0.5) is 0 Å². The van der Waals surface area contributed by atoms with Gasteiger partial charge in [0, 0.05) is 25.0 Å². The van der Waals surface area contributed by atoms with Gasteiger partial charge < -0.3 is 29.1 Å². The Labute approximate surface area is 162 Å². The SMILES string of the molecule is CC(=O)CCCOCCOCC(=O)NCCOCCOCC(=O)C(C)(C)C. The molecule has 8 nitrogen and oxygen atoms in total. The van der Waals surface area contributed by atoms with Gasteiger partial charge >= 0.3 is 0 Å². The van der Waals surface area contributed by atoms with Gasteiger partial charge in [0.2, 0.25) is 5.91 Å². The molecule has 0 atom stereocenters. The molecule has 158 valence electrons. The molecule has 0 aliphatic heterocycles. The molecule has 0 aliphatic carbocycles. The van der Waals surface area contributed by atoms with Gasteiger partial charge in [0.05, 0.1) is 33.0 Å². The Morgan fingerprint density at radius 2 is 1.33 bits per heavy atom. The fourth-order valence-electron chi connectivity index (χ4n) is 1.72. The van der Waals surface area contributed by atoms with Gasteiger partial charge in [0.1, 0.15) is 19.0 Å². The minimum absolute atomic E-state index is 0.0329. The van der Waals surface area contributed by atoms with E-state index in [4.69, 9.17) is 18.9 Å². The number of hydrogen-bond acceptors (Lipinski definition) is 7. The van der Waals surface area contributed by atoms with E-state index in [1.807, 2.05) is 20.8 Å². The van der Waals surface area contributed by atoms with E-state index in [-0.39, 0.29) is 30.7 Å². The largest absolute Gasteiger partial charge is 0.379 e. The highest BCUT2D eigenvalue weighted by molar-refractivity contribution is 5.84. The molecule has 1 amide bonds. The van der Waals surface area contributed by atoms with E-state index in [1.54, 1.807) is 6.92 Å². The lowest BCUT2D eigenvalue weighted by atomic mass is 9.91. The minimum Gasteiger partial charge on any atom is -0.379 e. The lowest BCUT2D eigenvalue weighted by Crippen LogP contribution is -2.31. The topological polar surface area (TPSA) is 100 Å². The van der Waals surface area contributed by atoms with Crippen LogP contribution in [0.2, 0.25) is 0 Å². The molecular weight excluding hydrogens is 354 g/mol. The average Bonchev–Trinajstić information content (AvgIpc) is 2.58. The van der Waals surface area contributed by atoms with Crippen molar-refractivity contribution in [1.82, 2.24) is 5.32 Å². The van der Waals surface area contributed by atoms with Gasteiger partial charge in [-0.05, 0) is 13.3 Å². The molecule has 0 saturated carbocycles. The lowest BCUT2D eigenvalue weighted by molar-refractivity contribution is -0.131. The summed E-state index contributed by atoms with van der Waals surface area (Å²) in [7, 11) is 0. The molecule has 0 bridgehead atoms. The van der Waals surface area contributed by atoms with Crippen LogP contribution in [0, 0.1) is 5.41 Å².